The Morgan fingerprint density at radius 2 is 1.92 bits per heavy atom. The minimum atomic E-state index is -3.86. The number of sulfonamides is 1. The van der Waals surface area contributed by atoms with E-state index in [0.29, 0.717) is 11.3 Å². The molecule has 1 aromatic carbocycles. The van der Waals surface area contributed by atoms with Crippen LogP contribution in [0.5, 0.6) is 0 Å². The second-order valence-electron chi connectivity index (χ2n) is 5.27. The van der Waals surface area contributed by atoms with Crippen molar-refractivity contribution < 1.29 is 17.3 Å². The monoisotopic (exact) mass is 366 g/mol. The van der Waals surface area contributed by atoms with E-state index in [-0.39, 0.29) is 16.5 Å². The number of halogens is 1. The Kier molecular flexibility index (Phi) is 4.53. The maximum Gasteiger partial charge on any atom is 0.246 e. The standard InChI is InChI=1S/C16H15FN2O3S2/c1-10-16(11(2)22-18-10)24(20,21)19-15(14-4-3-9-23-14)12-5-7-13(17)8-6-12/h3-9,15,19H,1-2H3/t15-/m1/s1. The highest BCUT2D eigenvalue weighted by Crippen LogP contribution is 2.29. The van der Waals surface area contributed by atoms with Crippen molar-refractivity contribution in [2.45, 2.75) is 24.8 Å². The third-order valence-electron chi connectivity index (χ3n) is 3.54. The molecular weight excluding hydrogens is 351 g/mol. The Hall–Kier alpha value is -2.03. The van der Waals surface area contributed by atoms with E-state index in [2.05, 4.69) is 9.88 Å². The zero-order valence-electron chi connectivity index (χ0n) is 13.0. The van der Waals surface area contributed by atoms with Crippen LogP contribution in [0.15, 0.2) is 51.2 Å². The summed E-state index contributed by atoms with van der Waals surface area (Å²) < 4.78 is 46.4. The largest absolute Gasteiger partial charge is 0.360 e. The van der Waals surface area contributed by atoms with Crippen LogP contribution in [0.1, 0.15) is 27.9 Å². The topological polar surface area (TPSA) is 72.2 Å². The van der Waals surface area contributed by atoms with Crippen molar-refractivity contribution in [3.05, 3.63) is 69.5 Å². The molecule has 0 radical (unpaired) electrons. The van der Waals surface area contributed by atoms with E-state index in [1.54, 1.807) is 26.0 Å². The Morgan fingerprint density at radius 3 is 2.46 bits per heavy atom. The second kappa shape index (κ2) is 6.46. The summed E-state index contributed by atoms with van der Waals surface area (Å²) in [7, 11) is -3.86. The maximum atomic E-state index is 13.2. The van der Waals surface area contributed by atoms with Crippen molar-refractivity contribution in [1.29, 1.82) is 0 Å². The lowest BCUT2D eigenvalue weighted by Crippen LogP contribution is -2.29. The molecule has 3 rings (SSSR count). The maximum absolute atomic E-state index is 13.2. The average Bonchev–Trinajstić information content (AvgIpc) is 3.16. The van der Waals surface area contributed by atoms with Crippen LogP contribution in [0.3, 0.4) is 0 Å². The van der Waals surface area contributed by atoms with Crippen molar-refractivity contribution in [3.8, 4) is 0 Å². The van der Waals surface area contributed by atoms with E-state index in [0.717, 1.165) is 4.88 Å². The molecule has 5 nitrogen and oxygen atoms in total. The molecule has 0 aliphatic carbocycles. The van der Waals surface area contributed by atoms with Crippen molar-refractivity contribution in [3.63, 3.8) is 0 Å². The first kappa shape index (κ1) is 16.8. The number of thiophene rings is 1. The quantitative estimate of drug-likeness (QED) is 0.749. The molecular formula is C16H15FN2O3S2. The molecule has 126 valence electrons. The molecule has 0 unspecified atom stereocenters. The highest BCUT2D eigenvalue weighted by atomic mass is 32.2. The first-order chi connectivity index (χ1) is 11.4. The third kappa shape index (κ3) is 3.26. The van der Waals surface area contributed by atoms with Crippen LogP contribution in [0.4, 0.5) is 4.39 Å². The fourth-order valence-electron chi connectivity index (χ4n) is 2.47. The second-order valence-corrected chi connectivity index (χ2v) is 7.90. The van der Waals surface area contributed by atoms with Crippen LogP contribution in [-0.2, 0) is 10.0 Å². The summed E-state index contributed by atoms with van der Waals surface area (Å²) in [5, 5.41) is 5.55. The summed E-state index contributed by atoms with van der Waals surface area (Å²) in [5.74, 6) is -0.152. The predicted octanol–water partition coefficient (Wildman–Crippen LogP) is 3.56. The first-order valence-corrected chi connectivity index (χ1v) is 9.49. The van der Waals surface area contributed by atoms with Crippen molar-refractivity contribution in [2.24, 2.45) is 0 Å². The normalized spacial score (nSPS) is 13.1. The summed E-state index contributed by atoms with van der Waals surface area (Å²) >= 11 is 1.42. The fourth-order valence-corrected chi connectivity index (χ4v) is 4.88. The zero-order valence-corrected chi connectivity index (χ0v) is 14.6. The summed E-state index contributed by atoms with van der Waals surface area (Å²) in [6.07, 6.45) is 0. The third-order valence-corrected chi connectivity index (χ3v) is 6.14. The lowest BCUT2D eigenvalue weighted by atomic mass is 10.1. The molecule has 0 saturated heterocycles. The van der Waals surface area contributed by atoms with Crippen LogP contribution >= 0.6 is 11.3 Å². The molecule has 0 bridgehead atoms. The Labute approximate surface area is 143 Å². The van der Waals surface area contributed by atoms with Crippen LogP contribution in [0, 0.1) is 19.7 Å². The molecule has 0 spiro atoms. The predicted molar refractivity (Wildman–Crippen MR) is 88.9 cm³/mol. The zero-order chi connectivity index (χ0) is 17.3. The molecule has 0 aliphatic heterocycles. The number of nitrogens with zero attached hydrogens (tertiary/aromatic N) is 1. The number of hydrogen-bond acceptors (Lipinski definition) is 5. The molecule has 1 atom stereocenters. The number of rotatable bonds is 5. The minimum absolute atomic E-state index is 0.0335. The Bertz CT molecular complexity index is 913. The van der Waals surface area contributed by atoms with Crippen LogP contribution in [-0.4, -0.2) is 13.6 Å². The molecule has 0 saturated carbocycles. The Morgan fingerprint density at radius 1 is 1.21 bits per heavy atom. The van der Waals surface area contributed by atoms with Gasteiger partial charge >= 0.3 is 0 Å². The summed E-state index contributed by atoms with van der Waals surface area (Å²) in [6.45, 7) is 3.12. The molecule has 8 heteroatoms. The van der Waals surface area contributed by atoms with Crippen LogP contribution < -0.4 is 4.72 Å². The molecule has 2 aromatic heterocycles. The van der Waals surface area contributed by atoms with E-state index in [4.69, 9.17) is 4.52 Å². The van der Waals surface area contributed by atoms with Crippen LogP contribution in [0.2, 0.25) is 0 Å². The average molecular weight is 366 g/mol. The Balaban J connectivity index is 2.03. The van der Waals surface area contributed by atoms with E-state index < -0.39 is 16.1 Å². The number of aryl methyl sites for hydroxylation is 2. The minimum Gasteiger partial charge on any atom is -0.360 e. The molecule has 24 heavy (non-hydrogen) atoms. The number of benzene rings is 1. The molecule has 3 aromatic rings. The van der Waals surface area contributed by atoms with E-state index >= 15 is 0 Å². The van der Waals surface area contributed by atoms with Gasteiger partial charge in [0, 0.05) is 4.88 Å². The summed E-state index contributed by atoms with van der Waals surface area (Å²) in [4.78, 5) is 0.836. The number of nitrogens with one attached hydrogen (secondary N) is 1. The van der Waals surface area contributed by atoms with Gasteiger partial charge in [-0.2, -0.15) is 4.72 Å². The molecule has 1 N–H and O–H groups in total. The van der Waals surface area contributed by atoms with Gasteiger partial charge in [0.2, 0.25) is 10.0 Å². The lowest BCUT2D eigenvalue weighted by molar-refractivity contribution is 0.390. The van der Waals surface area contributed by atoms with Gasteiger partial charge in [0.05, 0.1) is 6.04 Å². The van der Waals surface area contributed by atoms with Crippen molar-refractivity contribution in [2.75, 3.05) is 0 Å². The summed E-state index contributed by atoms with van der Waals surface area (Å²) in [6, 6.07) is 8.78. The van der Waals surface area contributed by atoms with Gasteiger partial charge in [-0.05, 0) is 43.0 Å². The van der Waals surface area contributed by atoms with Gasteiger partial charge < -0.3 is 4.52 Å². The van der Waals surface area contributed by atoms with Gasteiger partial charge in [0.1, 0.15) is 16.4 Å². The summed E-state index contributed by atoms with van der Waals surface area (Å²) in [5.41, 5.74) is 0.943. The molecule has 0 fully saturated rings. The lowest BCUT2D eigenvalue weighted by Gasteiger charge is -2.18. The van der Waals surface area contributed by atoms with Crippen LogP contribution in [0.25, 0.3) is 0 Å². The molecule has 2 heterocycles. The SMILES string of the molecule is Cc1noc(C)c1S(=O)(=O)N[C@H](c1ccc(F)cc1)c1cccs1. The van der Waals surface area contributed by atoms with E-state index in [1.165, 1.54) is 23.5 Å². The van der Waals surface area contributed by atoms with Gasteiger partial charge in [-0.25, -0.2) is 12.8 Å². The van der Waals surface area contributed by atoms with Gasteiger partial charge in [-0.1, -0.05) is 23.4 Å². The molecule has 0 aliphatic rings. The smallest absolute Gasteiger partial charge is 0.246 e. The van der Waals surface area contributed by atoms with Crippen molar-refractivity contribution in [1.82, 2.24) is 9.88 Å². The molecule has 0 amide bonds. The van der Waals surface area contributed by atoms with Gasteiger partial charge in [0.15, 0.2) is 5.76 Å². The van der Waals surface area contributed by atoms with Crippen molar-refractivity contribution >= 4 is 21.4 Å². The van der Waals surface area contributed by atoms with E-state index in [9.17, 15) is 12.8 Å². The van der Waals surface area contributed by atoms with Gasteiger partial charge in [0.25, 0.3) is 0 Å². The first-order valence-electron chi connectivity index (χ1n) is 7.12. The fraction of sp³-hybridized carbons (Fsp3) is 0.188. The van der Waals surface area contributed by atoms with Gasteiger partial charge in [-0.3, -0.25) is 0 Å². The highest BCUT2D eigenvalue weighted by molar-refractivity contribution is 7.89. The van der Waals surface area contributed by atoms with E-state index in [1.807, 2.05) is 17.5 Å². The van der Waals surface area contributed by atoms with Gasteiger partial charge in [-0.15, -0.1) is 11.3 Å². The number of aromatic nitrogens is 1. The number of hydrogen-bond donors (Lipinski definition) is 1. The highest BCUT2D eigenvalue weighted by Gasteiger charge is 2.29.